The van der Waals surface area contributed by atoms with E-state index in [1.807, 2.05) is 47.2 Å². The maximum Gasteiger partial charge on any atom is 0.241 e. The number of hydrogen-bond donors (Lipinski definition) is 2. The van der Waals surface area contributed by atoms with E-state index in [9.17, 15) is 14.9 Å². The Kier molecular flexibility index (Phi) is 6.68. The normalized spacial score (nSPS) is 18.5. The number of nitriles is 1. The maximum atomic E-state index is 12.9. The quantitative estimate of drug-likeness (QED) is 0.446. The molecule has 36 heavy (non-hydrogen) atoms. The molecular weight excluding hydrogens is 474 g/mol. The van der Waals surface area contributed by atoms with Crippen molar-refractivity contribution in [1.82, 2.24) is 14.9 Å². The lowest BCUT2D eigenvalue weighted by Gasteiger charge is -2.32. The van der Waals surface area contributed by atoms with E-state index in [4.69, 9.17) is 4.42 Å². The van der Waals surface area contributed by atoms with Gasteiger partial charge in [0.1, 0.15) is 16.7 Å². The second kappa shape index (κ2) is 9.77. The van der Waals surface area contributed by atoms with Crippen molar-refractivity contribution in [2.24, 2.45) is 5.92 Å². The highest BCUT2D eigenvalue weighted by Crippen LogP contribution is 2.36. The summed E-state index contributed by atoms with van der Waals surface area (Å²) in [7, 11) is 1.95. The molecule has 188 valence electrons. The van der Waals surface area contributed by atoms with Gasteiger partial charge in [-0.1, -0.05) is 13.8 Å². The minimum atomic E-state index is -0.680. The molecule has 2 N–H and O–H groups in total. The summed E-state index contributed by atoms with van der Waals surface area (Å²) >= 11 is 1.41. The van der Waals surface area contributed by atoms with Crippen LogP contribution in [0, 0.1) is 17.2 Å². The number of piperazine rings is 1. The maximum absolute atomic E-state index is 12.9. The highest BCUT2D eigenvalue weighted by Gasteiger charge is 2.45. The molecule has 1 aliphatic heterocycles. The summed E-state index contributed by atoms with van der Waals surface area (Å²) in [4.78, 5) is 30.2. The van der Waals surface area contributed by atoms with E-state index in [0.717, 1.165) is 39.1 Å². The number of carbonyl (C=O) groups excluding carboxylic acids is 2. The van der Waals surface area contributed by atoms with E-state index in [-0.39, 0.29) is 11.8 Å². The largest absolute Gasteiger partial charge is 0.456 e. The van der Waals surface area contributed by atoms with E-state index < -0.39 is 11.6 Å². The van der Waals surface area contributed by atoms with Gasteiger partial charge in [0.2, 0.25) is 11.8 Å². The van der Waals surface area contributed by atoms with Crippen LogP contribution in [0.2, 0.25) is 0 Å². The first kappa shape index (κ1) is 24.6. The Labute approximate surface area is 215 Å². The van der Waals surface area contributed by atoms with Crippen molar-refractivity contribution in [3.8, 4) is 6.07 Å². The molecule has 2 fully saturated rings. The molecule has 2 amide bonds. The Morgan fingerprint density at radius 2 is 1.97 bits per heavy atom. The van der Waals surface area contributed by atoms with Gasteiger partial charge in [-0.05, 0) is 74.5 Å². The van der Waals surface area contributed by atoms with Crippen LogP contribution in [0.15, 0.2) is 45.7 Å². The van der Waals surface area contributed by atoms with Gasteiger partial charge in [0.15, 0.2) is 0 Å². The predicted molar refractivity (Wildman–Crippen MR) is 142 cm³/mol. The minimum Gasteiger partial charge on any atom is -0.456 e. The number of nitrogens with zero attached hydrogens (tertiary/aromatic N) is 3. The van der Waals surface area contributed by atoms with Gasteiger partial charge >= 0.3 is 0 Å². The topological polar surface area (TPSA) is 102 Å². The van der Waals surface area contributed by atoms with Gasteiger partial charge in [0, 0.05) is 40.5 Å². The van der Waals surface area contributed by atoms with Gasteiger partial charge < -0.3 is 14.6 Å². The summed E-state index contributed by atoms with van der Waals surface area (Å²) < 4.78 is 9.44. The van der Waals surface area contributed by atoms with Crippen LogP contribution in [0.1, 0.15) is 33.1 Å². The Morgan fingerprint density at radius 3 is 2.67 bits per heavy atom. The van der Waals surface area contributed by atoms with E-state index in [0.29, 0.717) is 38.3 Å². The van der Waals surface area contributed by atoms with Gasteiger partial charge in [0.25, 0.3) is 0 Å². The number of nitrogens with one attached hydrogen (secondary N) is 2. The fourth-order valence-electron chi connectivity index (χ4n) is 4.57. The lowest BCUT2D eigenvalue weighted by Crippen LogP contribution is -2.48. The number of rotatable bonds is 8. The molecule has 2 aromatic carbocycles. The molecule has 1 atom stereocenters. The molecule has 2 heterocycles. The SMILES string of the molecule is CC(C)C[C@H](NSc1ccc2oc3cc(N4CCN(C)CC4=O)ccc3c2c1)C(=O)NC1(C#N)CC1. The third kappa shape index (κ3) is 5.07. The number of amides is 2. The first-order valence-electron chi connectivity index (χ1n) is 12.4. The highest BCUT2D eigenvalue weighted by atomic mass is 32.2. The third-order valence-corrected chi connectivity index (χ3v) is 7.71. The smallest absolute Gasteiger partial charge is 0.241 e. The Hall–Kier alpha value is -3.06. The van der Waals surface area contributed by atoms with Gasteiger partial charge in [-0.3, -0.25) is 14.5 Å². The zero-order chi connectivity index (χ0) is 25.4. The molecule has 0 spiro atoms. The van der Waals surface area contributed by atoms with Crippen LogP contribution in [-0.4, -0.2) is 55.0 Å². The molecule has 2 aliphatic rings. The average Bonchev–Trinajstić information content (AvgIpc) is 3.52. The molecule has 1 aliphatic carbocycles. The van der Waals surface area contributed by atoms with Crippen LogP contribution in [0.3, 0.4) is 0 Å². The van der Waals surface area contributed by atoms with Crippen LogP contribution < -0.4 is 14.9 Å². The lowest BCUT2D eigenvalue weighted by molar-refractivity contribution is -0.123. The van der Waals surface area contributed by atoms with Crippen LogP contribution in [0.4, 0.5) is 5.69 Å². The summed E-state index contributed by atoms with van der Waals surface area (Å²) in [6.45, 7) is 6.08. The molecule has 0 radical (unpaired) electrons. The molecule has 0 bridgehead atoms. The molecule has 5 rings (SSSR count). The first-order chi connectivity index (χ1) is 17.3. The van der Waals surface area contributed by atoms with Gasteiger partial charge in [-0.25, -0.2) is 4.72 Å². The number of carbonyl (C=O) groups is 2. The predicted octanol–water partition coefficient (Wildman–Crippen LogP) is 4.05. The van der Waals surface area contributed by atoms with Crippen LogP contribution in [-0.2, 0) is 9.59 Å². The van der Waals surface area contributed by atoms with Crippen LogP contribution in [0.5, 0.6) is 0 Å². The van der Waals surface area contributed by atoms with Gasteiger partial charge in [0.05, 0.1) is 18.7 Å². The summed E-state index contributed by atoms with van der Waals surface area (Å²) in [6, 6.07) is 13.7. The molecule has 1 saturated carbocycles. The third-order valence-electron chi connectivity index (χ3n) is 6.82. The molecular formula is C27H31N5O3S. The Bertz CT molecular complexity index is 1360. The van der Waals surface area contributed by atoms with Crippen molar-refractivity contribution in [1.29, 1.82) is 5.26 Å². The van der Waals surface area contributed by atoms with Crippen molar-refractivity contribution < 1.29 is 14.0 Å². The fourth-order valence-corrected chi connectivity index (χ4v) is 5.37. The summed E-state index contributed by atoms with van der Waals surface area (Å²) in [5.74, 6) is 0.287. The average molecular weight is 506 g/mol. The van der Waals surface area contributed by atoms with E-state index in [1.54, 1.807) is 0 Å². The van der Waals surface area contributed by atoms with Crippen molar-refractivity contribution in [2.75, 3.05) is 31.6 Å². The Morgan fingerprint density at radius 1 is 1.17 bits per heavy atom. The summed E-state index contributed by atoms with van der Waals surface area (Å²) in [5.41, 5.74) is 1.69. The van der Waals surface area contributed by atoms with Crippen molar-refractivity contribution in [3.05, 3.63) is 36.4 Å². The number of anilines is 1. The zero-order valence-electron chi connectivity index (χ0n) is 20.8. The monoisotopic (exact) mass is 505 g/mol. The van der Waals surface area contributed by atoms with Crippen molar-refractivity contribution >= 4 is 51.4 Å². The molecule has 9 heteroatoms. The van der Waals surface area contributed by atoms with Crippen LogP contribution >= 0.6 is 11.9 Å². The lowest BCUT2D eigenvalue weighted by atomic mass is 10.0. The number of likely N-dealkylation sites (N-methyl/N-ethyl adjacent to an activating group) is 1. The summed E-state index contributed by atoms with van der Waals surface area (Å²) in [5, 5.41) is 14.2. The van der Waals surface area contributed by atoms with Gasteiger partial charge in [-0.15, -0.1) is 0 Å². The Balaban J connectivity index is 1.33. The molecule has 8 nitrogen and oxygen atoms in total. The van der Waals surface area contributed by atoms with E-state index >= 15 is 0 Å². The number of furan rings is 1. The standard InChI is InChI=1S/C27H31N5O3S/c1-17(2)12-22(26(34)29-27(16-28)8-9-27)30-36-19-5-7-23-21(14-19)20-6-4-18(13-24(20)35-23)32-11-10-31(3)15-25(32)33/h4-7,13-14,17,22,30H,8-12,15H2,1-3H3,(H,29,34)/t22-/m0/s1. The second-order valence-corrected chi connectivity index (χ2v) is 11.2. The zero-order valence-corrected chi connectivity index (χ0v) is 21.7. The minimum absolute atomic E-state index is 0.0892. The molecule has 3 aromatic rings. The first-order valence-corrected chi connectivity index (χ1v) is 13.2. The second-order valence-electron chi connectivity index (χ2n) is 10.3. The van der Waals surface area contributed by atoms with Crippen LogP contribution in [0.25, 0.3) is 21.9 Å². The van der Waals surface area contributed by atoms with Crippen molar-refractivity contribution in [2.45, 2.75) is 49.6 Å². The number of hydrogen-bond acceptors (Lipinski definition) is 7. The number of fused-ring (bicyclic) bond motifs is 3. The molecule has 1 aromatic heterocycles. The van der Waals surface area contributed by atoms with E-state index in [2.05, 4.69) is 36.0 Å². The van der Waals surface area contributed by atoms with E-state index in [1.165, 1.54) is 11.9 Å². The number of benzene rings is 2. The molecule has 0 unspecified atom stereocenters. The fraction of sp³-hybridized carbons (Fsp3) is 0.444. The van der Waals surface area contributed by atoms with Gasteiger partial charge in [-0.2, -0.15) is 5.26 Å². The highest BCUT2D eigenvalue weighted by molar-refractivity contribution is 7.97. The summed E-state index contributed by atoms with van der Waals surface area (Å²) in [6.07, 6.45) is 2.10. The van der Waals surface area contributed by atoms with Crippen molar-refractivity contribution in [3.63, 3.8) is 0 Å². The molecule has 1 saturated heterocycles.